The Labute approximate surface area is 121 Å². The Morgan fingerprint density at radius 2 is 2.20 bits per heavy atom. The molecule has 0 radical (unpaired) electrons. The van der Waals surface area contributed by atoms with E-state index in [0.717, 1.165) is 10.8 Å². The molecule has 4 nitrogen and oxygen atoms in total. The lowest BCUT2D eigenvalue weighted by Gasteiger charge is -2.05. The molecule has 0 aliphatic heterocycles. The van der Waals surface area contributed by atoms with E-state index in [1.807, 2.05) is 12.4 Å². The second kappa shape index (κ2) is 7.00. The van der Waals surface area contributed by atoms with Crippen molar-refractivity contribution in [3.05, 3.63) is 46.7 Å². The van der Waals surface area contributed by atoms with Crippen LogP contribution in [0.15, 0.2) is 29.6 Å². The molecular formula is C14H16FN3OS. The zero-order chi connectivity index (χ0) is 14.4. The van der Waals surface area contributed by atoms with E-state index in [1.54, 1.807) is 18.2 Å². The maximum Gasteiger partial charge on any atom is 0.224 e. The zero-order valence-electron chi connectivity index (χ0n) is 11.1. The molecule has 0 bridgehead atoms. The molecular weight excluding hydrogens is 277 g/mol. The fraction of sp³-hybridized carbons (Fsp3) is 0.286. The first-order valence-corrected chi connectivity index (χ1v) is 7.19. The number of benzene rings is 1. The Balaban J connectivity index is 1.77. The van der Waals surface area contributed by atoms with Gasteiger partial charge in [-0.1, -0.05) is 18.2 Å². The van der Waals surface area contributed by atoms with Gasteiger partial charge >= 0.3 is 0 Å². The Morgan fingerprint density at radius 3 is 2.90 bits per heavy atom. The van der Waals surface area contributed by atoms with Gasteiger partial charge in [0.15, 0.2) is 5.13 Å². The highest BCUT2D eigenvalue weighted by Gasteiger charge is 2.07. The topological polar surface area (TPSA) is 54.0 Å². The van der Waals surface area contributed by atoms with Crippen LogP contribution in [0.5, 0.6) is 0 Å². The minimum absolute atomic E-state index is 0.0610. The van der Waals surface area contributed by atoms with Gasteiger partial charge in [-0.25, -0.2) is 9.37 Å². The molecule has 0 saturated heterocycles. The molecule has 0 atom stereocenters. The largest absolute Gasteiger partial charge is 0.365 e. The van der Waals surface area contributed by atoms with Crippen molar-refractivity contribution >= 4 is 22.4 Å². The van der Waals surface area contributed by atoms with Crippen molar-refractivity contribution in [1.82, 2.24) is 10.3 Å². The second-order valence-electron chi connectivity index (χ2n) is 4.26. The highest BCUT2D eigenvalue weighted by molar-refractivity contribution is 7.13. The number of anilines is 1. The van der Waals surface area contributed by atoms with Gasteiger partial charge in [0.05, 0.1) is 12.1 Å². The molecule has 0 spiro atoms. The van der Waals surface area contributed by atoms with Crippen molar-refractivity contribution < 1.29 is 9.18 Å². The fourth-order valence-electron chi connectivity index (χ4n) is 1.74. The van der Waals surface area contributed by atoms with E-state index in [-0.39, 0.29) is 18.1 Å². The molecule has 106 valence electrons. The third-order valence-electron chi connectivity index (χ3n) is 2.78. The quantitative estimate of drug-likeness (QED) is 0.858. The summed E-state index contributed by atoms with van der Waals surface area (Å²) < 4.78 is 13.4. The van der Waals surface area contributed by atoms with Crippen molar-refractivity contribution in [3.8, 4) is 0 Å². The molecule has 0 unspecified atom stereocenters. The monoisotopic (exact) mass is 293 g/mol. The predicted octanol–water partition coefficient (Wildman–Crippen LogP) is 2.23. The third-order valence-corrected chi connectivity index (χ3v) is 3.69. The number of carbonyl (C=O) groups is 1. The number of amides is 1. The summed E-state index contributed by atoms with van der Waals surface area (Å²) in [6, 6.07) is 6.31. The maximum atomic E-state index is 13.4. The minimum atomic E-state index is -0.346. The summed E-state index contributed by atoms with van der Waals surface area (Å²) in [7, 11) is 1.82. The number of hydrogen-bond donors (Lipinski definition) is 2. The Bertz CT molecular complexity index is 585. The average Bonchev–Trinajstić information content (AvgIpc) is 2.89. The molecule has 20 heavy (non-hydrogen) atoms. The predicted molar refractivity (Wildman–Crippen MR) is 78.5 cm³/mol. The molecule has 0 aliphatic rings. The van der Waals surface area contributed by atoms with E-state index >= 15 is 0 Å². The van der Waals surface area contributed by atoms with E-state index in [0.29, 0.717) is 18.5 Å². The Kier molecular flexibility index (Phi) is 5.06. The third kappa shape index (κ3) is 4.03. The van der Waals surface area contributed by atoms with E-state index in [4.69, 9.17) is 0 Å². The smallest absolute Gasteiger partial charge is 0.224 e. The molecule has 1 heterocycles. The normalized spacial score (nSPS) is 10.3. The molecule has 1 aromatic carbocycles. The highest BCUT2D eigenvalue weighted by Crippen LogP contribution is 2.14. The van der Waals surface area contributed by atoms with Gasteiger partial charge in [0.25, 0.3) is 0 Å². The molecule has 6 heteroatoms. The SMILES string of the molecule is CNc1nc(CCNC(=O)Cc2ccccc2F)cs1. The second-order valence-corrected chi connectivity index (χ2v) is 5.12. The van der Waals surface area contributed by atoms with Crippen LogP contribution in [0.25, 0.3) is 0 Å². The van der Waals surface area contributed by atoms with Gasteiger partial charge in [0, 0.05) is 25.4 Å². The number of thiazole rings is 1. The van der Waals surface area contributed by atoms with Crippen LogP contribution < -0.4 is 10.6 Å². The van der Waals surface area contributed by atoms with Crippen LogP contribution in [-0.4, -0.2) is 24.5 Å². The van der Waals surface area contributed by atoms with Crippen LogP contribution >= 0.6 is 11.3 Å². The zero-order valence-corrected chi connectivity index (χ0v) is 12.0. The van der Waals surface area contributed by atoms with Crippen LogP contribution in [0.4, 0.5) is 9.52 Å². The summed E-state index contributed by atoms with van der Waals surface area (Å²) in [4.78, 5) is 16.0. The number of hydrogen-bond acceptors (Lipinski definition) is 4. The minimum Gasteiger partial charge on any atom is -0.365 e. The van der Waals surface area contributed by atoms with Gasteiger partial charge in [0.2, 0.25) is 5.91 Å². The van der Waals surface area contributed by atoms with Crippen LogP contribution in [0, 0.1) is 5.82 Å². The van der Waals surface area contributed by atoms with Crippen molar-refractivity contribution in [2.45, 2.75) is 12.8 Å². The molecule has 2 aromatic rings. The first kappa shape index (κ1) is 14.5. The summed E-state index contributed by atoms with van der Waals surface area (Å²) in [5.74, 6) is -0.528. The van der Waals surface area contributed by atoms with Crippen molar-refractivity contribution in [2.75, 3.05) is 18.9 Å². The van der Waals surface area contributed by atoms with Gasteiger partial charge < -0.3 is 10.6 Å². The van der Waals surface area contributed by atoms with Gasteiger partial charge in [-0.05, 0) is 11.6 Å². The number of carbonyl (C=O) groups excluding carboxylic acids is 1. The molecule has 2 rings (SSSR count). The molecule has 1 aromatic heterocycles. The molecule has 0 saturated carbocycles. The van der Waals surface area contributed by atoms with Gasteiger partial charge in [-0.3, -0.25) is 4.79 Å². The van der Waals surface area contributed by atoms with E-state index in [2.05, 4.69) is 15.6 Å². The number of nitrogens with zero attached hydrogens (tertiary/aromatic N) is 1. The number of halogens is 1. The van der Waals surface area contributed by atoms with Gasteiger partial charge in [-0.2, -0.15) is 0 Å². The summed E-state index contributed by atoms with van der Waals surface area (Å²) in [5, 5.41) is 8.55. The van der Waals surface area contributed by atoms with Crippen molar-refractivity contribution in [1.29, 1.82) is 0 Å². The number of rotatable bonds is 6. The van der Waals surface area contributed by atoms with Crippen LogP contribution in [0.1, 0.15) is 11.3 Å². The summed E-state index contributed by atoms with van der Waals surface area (Å²) in [6.45, 7) is 0.500. The Hall–Kier alpha value is -1.95. The lowest BCUT2D eigenvalue weighted by molar-refractivity contribution is -0.120. The van der Waals surface area contributed by atoms with E-state index < -0.39 is 0 Å². The maximum absolute atomic E-state index is 13.4. The first-order chi connectivity index (χ1) is 9.69. The highest BCUT2D eigenvalue weighted by atomic mass is 32.1. The molecule has 0 aliphatic carbocycles. The standard InChI is InChI=1S/C14H16FN3OS/c1-16-14-18-11(9-20-14)6-7-17-13(19)8-10-4-2-3-5-12(10)15/h2-5,9H,6-8H2,1H3,(H,16,18)(H,17,19). The van der Waals surface area contributed by atoms with Gasteiger partial charge in [0.1, 0.15) is 5.82 Å². The average molecular weight is 293 g/mol. The van der Waals surface area contributed by atoms with Crippen LogP contribution in [0.3, 0.4) is 0 Å². The lowest BCUT2D eigenvalue weighted by atomic mass is 10.1. The summed E-state index contributed by atoms with van der Waals surface area (Å²) in [6.07, 6.45) is 0.729. The van der Waals surface area contributed by atoms with Gasteiger partial charge in [-0.15, -0.1) is 11.3 Å². The van der Waals surface area contributed by atoms with Crippen molar-refractivity contribution in [3.63, 3.8) is 0 Å². The number of aromatic nitrogens is 1. The summed E-state index contributed by atoms with van der Waals surface area (Å²) >= 11 is 1.53. The molecule has 1 amide bonds. The lowest BCUT2D eigenvalue weighted by Crippen LogP contribution is -2.27. The number of nitrogens with one attached hydrogen (secondary N) is 2. The van der Waals surface area contributed by atoms with E-state index in [9.17, 15) is 9.18 Å². The first-order valence-electron chi connectivity index (χ1n) is 6.31. The Morgan fingerprint density at radius 1 is 1.40 bits per heavy atom. The van der Waals surface area contributed by atoms with E-state index in [1.165, 1.54) is 17.4 Å². The fourth-order valence-corrected chi connectivity index (χ4v) is 2.45. The molecule has 0 fully saturated rings. The van der Waals surface area contributed by atoms with Crippen molar-refractivity contribution in [2.24, 2.45) is 0 Å². The van der Waals surface area contributed by atoms with Crippen LogP contribution in [0.2, 0.25) is 0 Å². The van der Waals surface area contributed by atoms with Crippen LogP contribution in [-0.2, 0) is 17.6 Å². The molecule has 2 N–H and O–H groups in total. The summed E-state index contributed by atoms with van der Waals surface area (Å²) in [5.41, 5.74) is 1.35.